The topological polar surface area (TPSA) is 67.6 Å². The van der Waals surface area contributed by atoms with Crippen LogP contribution in [0.2, 0.25) is 0 Å². The zero-order valence-corrected chi connectivity index (χ0v) is 7.92. The third kappa shape index (κ3) is 1.97. The van der Waals surface area contributed by atoms with Gasteiger partial charge in [-0.3, -0.25) is 0 Å². The van der Waals surface area contributed by atoms with E-state index in [0.29, 0.717) is 11.4 Å². The molecule has 0 fully saturated rings. The number of aromatic nitrogens is 3. The molecule has 0 radical (unpaired) electrons. The first kappa shape index (κ1) is 10.5. The minimum atomic E-state index is -4.42. The first-order chi connectivity index (χ1) is 7.47. The second kappa shape index (κ2) is 3.51. The van der Waals surface area contributed by atoms with Gasteiger partial charge in [-0.15, -0.1) is 0 Å². The molecule has 7 heteroatoms. The van der Waals surface area contributed by atoms with E-state index in [9.17, 15) is 13.2 Å². The van der Waals surface area contributed by atoms with E-state index in [1.807, 2.05) is 0 Å². The van der Waals surface area contributed by atoms with Gasteiger partial charge in [0.05, 0.1) is 6.20 Å². The fourth-order valence-electron chi connectivity index (χ4n) is 1.16. The largest absolute Gasteiger partial charge is 0.432 e. The van der Waals surface area contributed by atoms with Gasteiger partial charge in [0.15, 0.2) is 0 Å². The third-order valence-electron chi connectivity index (χ3n) is 1.94. The first-order valence-electron chi connectivity index (χ1n) is 4.31. The van der Waals surface area contributed by atoms with Crippen LogP contribution in [0.15, 0.2) is 24.5 Å². The van der Waals surface area contributed by atoms with E-state index in [0.717, 1.165) is 6.20 Å². The number of nitrogens with zero attached hydrogens (tertiary/aromatic N) is 2. The van der Waals surface area contributed by atoms with Crippen LogP contribution in [0.25, 0.3) is 11.4 Å². The number of aromatic amines is 1. The Balaban J connectivity index is 2.35. The van der Waals surface area contributed by atoms with Crippen LogP contribution in [0.3, 0.4) is 0 Å². The molecule has 0 atom stereocenters. The van der Waals surface area contributed by atoms with Crippen LogP contribution in [0.4, 0.5) is 19.0 Å². The van der Waals surface area contributed by atoms with Gasteiger partial charge in [0, 0.05) is 11.8 Å². The van der Waals surface area contributed by atoms with Crippen molar-refractivity contribution in [2.45, 2.75) is 6.18 Å². The number of nitrogens with two attached hydrogens (primary N) is 1. The molecule has 0 amide bonds. The van der Waals surface area contributed by atoms with E-state index in [1.54, 1.807) is 6.07 Å². The zero-order chi connectivity index (χ0) is 11.8. The second-order valence-corrected chi connectivity index (χ2v) is 3.11. The average molecular weight is 228 g/mol. The van der Waals surface area contributed by atoms with Gasteiger partial charge in [-0.2, -0.15) is 13.2 Å². The highest BCUT2D eigenvalue weighted by Gasteiger charge is 2.33. The molecule has 2 rings (SSSR count). The Morgan fingerprint density at radius 3 is 2.38 bits per heavy atom. The van der Waals surface area contributed by atoms with Gasteiger partial charge in [-0.1, -0.05) is 0 Å². The molecule has 0 aliphatic heterocycles. The lowest BCUT2D eigenvalue weighted by atomic mass is 10.3. The quantitative estimate of drug-likeness (QED) is 0.785. The summed E-state index contributed by atoms with van der Waals surface area (Å²) >= 11 is 0. The maximum Gasteiger partial charge on any atom is 0.432 e. The molecule has 4 nitrogen and oxygen atoms in total. The molecule has 0 saturated heterocycles. The maximum absolute atomic E-state index is 12.3. The first-order valence-corrected chi connectivity index (χ1v) is 4.31. The number of hydrogen-bond donors (Lipinski definition) is 2. The van der Waals surface area contributed by atoms with Gasteiger partial charge in [0.1, 0.15) is 17.3 Å². The van der Waals surface area contributed by atoms with Crippen molar-refractivity contribution >= 4 is 5.82 Å². The molecular weight excluding hydrogens is 221 g/mol. The fourth-order valence-corrected chi connectivity index (χ4v) is 1.16. The Kier molecular flexibility index (Phi) is 2.30. The summed E-state index contributed by atoms with van der Waals surface area (Å²) in [7, 11) is 0. The molecule has 0 aliphatic rings. The van der Waals surface area contributed by atoms with Crippen molar-refractivity contribution in [3.8, 4) is 11.4 Å². The third-order valence-corrected chi connectivity index (χ3v) is 1.94. The van der Waals surface area contributed by atoms with E-state index >= 15 is 0 Å². The molecule has 16 heavy (non-hydrogen) atoms. The maximum atomic E-state index is 12.3. The molecule has 0 aliphatic carbocycles. The Morgan fingerprint density at radius 2 is 1.88 bits per heavy atom. The molecule has 3 N–H and O–H groups in total. The highest BCUT2D eigenvalue weighted by Crippen LogP contribution is 2.29. The molecule has 2 aromatic heterocycles. The molecule has 84 valence electrons. The summed E-state index contributed by atoms with van der Waals surface area (Å²) in [6.07, 6.45) is -2.33. The van der Waals surface area contributed by atoms with Crippen LogP contribution >= 0.6 is 0 Å². The van der Waals surface area contributed by atoms with E-state index < -0.39 is 11.9 Å². The summed E-state index contributed by atoms with van der Waals surface area (Å²) in [4.78, 5) is 9.56. The number of halogens is 3. The number of hydrogen-bond acceptors (Lipinski definition) is 3. The van der Waals surface area contributed by atoms with Gasteiger partial charge in [-0.25, -0.2) is 9.97 Å². The minimum absolute atomic E-state index is 0.111. The lowest BCUT2D eigenvalue weighted by Crippen LogP contribution is -2.04. The van der Waals surface area contributed by atoms with Crippen LogP contribution in [0.5, 0.6) is 0 Å². The number of nitrogens with one attached hydrogen (secondary N) is 1. The van der Waals surface area contributed by atoms with Crippen molar-refractivity contribution < 1.29 is 13.2 Å². The van der Waals surface area contributed by atoms with Crippen LogP contribution in [0.1, 0.15) is 5.69 Å². The molecule has 2 aromatic rings. The van der Waals surface area contributed by atoms with Crippen LogP contribution in [0, 0.1) is 0 Å². The second-order valence-electron chi connectivity index (χ2n) is 3.11. The average Bonchev–Trinajstić information content (AvgIpc) is 2.67. The van der Waals surface area contributed by atoms with Gasteiger partial charge >= 0.3 is 6.18 Å². The van der Waals surface area contributed by atoms with Crippen molar-refractivity contribution in [2.75, 3.05) is 5.73 Å². The monoisotopic (exact) mass is 228 g/mol. The highest BCUT2D eigenvalue weighted by atomic mass is 19.4. The van der Waals surface area contributed by atoms with E-state index in [2.05, 4.69) is 15.0 Å². The number of H-pyrrole nitrogens is 1. The number of imidazole rings is 1. The summed E-state index contributed by atoms with van der Waals surface area (Å²) < 4.78 is 36.8. The number of pyridine rings is 1. The molecule has 0 bridgehead atoms. The molecule has 0 aromatic carbocycles. The van der Waals surface area contributed by atoms with Crippen LogP contribution in [-0.4, -0.2) is 15.0 Å². The standard InChI is InChI=1S/C9H7F3N4/c10-9(11,12)6-4-15-8(16-6)5-1-2-7(13)14-3-5/h1-4H,(H2,13,14)(H,15,16). The highest BCUT2D eigenvalue weighted by molar-refractivity contribution is 5.55. The summed E-state index contributed by atoms with van der Waals surface area (Å²) in [6, 6.07) is 3.03. The summed E-state index contributed by atoms with van der Waals surface area (Å²) in [6.45, 7) is 0. The Labute approximate surface area is 88.3 Å². The van der Waals surface area contributed by atoms with Gasteiger partial charge < -0.3 is 10.7 Å². The fraction of sp³-hybridized carbons (Fsp3) is 0.111. The number of alkyl halides is 3. The number of anilines is 1. The molecule has 2 heterocycles. The summed E-state index contributed by atoms with van der Waals surface area (Å²) in [5.41, 5.74) is 4.92. The van der Waals surface area contributed by atoms with Crippen LogP contribution < -0.4 is 5.73 Å². The van der Waals surface area contributed by atoms with Crippen molar-refractivity contribution in [3.05, 3.63) is 30.2 Å². The zero-order valence-electron chi connectivity index (χ0n) is 7.92. The Bertz CT molecular complexity index is 486. The predicted octanol–water partition coefficient (Wildman–Crippen LogP) is 2.07. The smallest absolute Gasteiger partial charge is 0.384 e. The van der Waals surface area contributed by atoms with Gasteiger partial charge in [0.25, 0.3) is 0 Å². The lowest BCUT2D eigenvalue weighted by Gasteiger charge is -2.01. The van der Waals surface area contributed by atoms with Crippen molar-refractivity contribution in [1.29, 1.82) is 0 Å². The Hall–Kier alpha value is -2.05. The van der Waals surface area contributed by atoms with Crippen molar-refractivity contribution in [2.24, 2.45) is 0 Å². The van der Waals surface area contributed by atoms with Gasteiger partial charge in [0.2, 0.25) is 0 Å². The van der Waals surface area contributed by atoms with E-state index in [-0.39, 0.29) is 5.82 Å². The van der Waals surface area contributed by atoms with E-state index in [4.69, 9.17) is 5.73 Å². The number of rotatable bonds is 1. The minimum Gasteiger partial charge on any atom is -0.384 e. The van der Waals surface area contributed by atoms with Crippen molar-refractivity contribution in [1.82, 2.24) is 15.0 Å². The molecule has 0 saturated carbocycles. The predicted molar refractivity (Wildman–Crippen MR) is 51.2 cm³/mol. The SMILES string of the molecule is Nc1ccc(-c2ncc(C(F)(F)F)[nH]2)cn1. The number of nitrogen functional groups attached to an aromatic ring is 1. The molecule has 0 unspecified atom stereocenters. The van der Waals surface area contributed by atoms with Crippen LogP contribution in [-0.2, 0) is 6.18 Å². The van der Waals surface area contributed by atoms with Gasteiger partial charge in [-0.05, 0) is 12.1 Å². The molecule has 0 spiro atoms. The Morgan fingerprint density at radius 1 is 1.12 bits per heavy atom. The van der Waals surface area contributed by atoms with E-state index in [1.165, 1.54) is 12.3 Å². The summed E-state index contributed by atoms with van der Waals surface area (Å²) in [5, 5.41) is 0. The lowest BCUT2D eigenvalue weighted by molar-refractivity contribution is -0.140. The molecular formula is C9H7F3N4. The normalized spacial score (nSPS) is 11.7. The van der Waals surface area contributed by atoms with Crippen molar-refractivity contribution in [3.63, 3.8) is 0 Å². The summed E-state index contributed by atoms with van der Waals surface area (Å²) in [5.74, 6) is 0.408.